The van der Waals surface area contributed by atoms with Gasteiger partial charge >= 0.3 is 5.76 Å². The average Bonchev–Trinajstić information content (AvgIpc) is 2.67. The second-order valence-electron chi connectivity index (χ2n) is 6.07. The van der Waals surface area contributed by atoms with Gasteiger partial charge in [-0.25, -0.2) is 4.79 Å². The lowest BCUT2D eigenvalue weighted by Gasteiger charge is -2.38. The smallest absolute Gasteiger partial charge is 0.408 e. The van der Waals surface area contributed by atoms with Gasteiger partial charge in [0, 0.05) is 19.2 Å². The molecule has 1 saturated heterocycles. The van der Waals surface area contributed by atoms with Gasteiger partial charge < -0.3 is 15.1 Å². The van der Waals surface area contributed by atoms with Crippen LogP contribution in [0.2, 0.25) is 0 Å². The van der Waals surface area contributed by atoms with Crippen molar-refractivity contribution in [2.24, 2.45) is 5.41 Å². The number of hydrogen-bond acceptors (Lipinski definition) is 4. The molecule has 1 aliphatic heterocycles. The van der Waals surface area contributed by atoms with Crippen molar-refractivity contribution in [3.05, 3.63) is 22.7 Å². The molecule has 0 atom stereocenters. The first kappa shape index (κ1) is 12.1. The number of nitrogens with zero attached hydrogens (tertiary/aromatic N) is 1. The van der Waals surface area contributed by atoms with Gasteiger partial charge in [0.15, 0.2) is 5.58 Å². The molecule has 1 aliphatic rings. The lowest BCUT2D eigenvalue weighted by atomic mass is 9.82. The molecule has 1 aromatic heterocycles. The number of piperidine rings is 1. The van der Waals surface area contributed by atoms with Crippen molar-refractivity contribution >= 4 is 22.5 Å². The number of anilines is 2. The number of benzene rings is 1. The fourth-order valence-corrected chi connectivity index (χ4v) is 2.63. The summed E-state index contributed by atoms with van der Waals surface area (Å²) in [5, 5.41) is 0. The Hall–Kier alpha value is -1.91. The van der Waals surface area contributed by atoms with Gasteiger partial charge in [0.25, 0.3) is 0 Å². The van der Waals surface area contributed by atoms with Crippen LogP contribution in [0.5, 0.6) is 0 Å². The molecule has 19 heavy (non-hydrogen) atoms. The molecule has 5 nitrogen and oxygen atoms in total. The fraction of sp³-hybridized carbons (Fsp3) is 0.500. The predicted octanol–water partition coefficient (Wildman–Crippen LogP) is 2.33. The van der Waals surface area contributed by atoms with E-state index < -0.39 is 5.76 Å². The third-order valence-electron chi connectivity index (χ3n) is 4.03. The van der Waals surface area contributed by atoms with Crippen LogP contribution in [0.3, 0.4) is 0 Å². The Labute approximate surface area is 111 Å². The first-order valence-corrected chi connectivity index (χ1v) is 6.62. The van der Waals surface area contributed by atoms with Gasteiger partial charge in [-0.1, -0.05) is 13.8 Å². The van der Waals surface area contributed by atoms with E-state index in [1.165, 1.54) is 0 Å². The Morgan fingerprint density at radius 3 is 2.68 bits per heavy atom. The van der Waals surface area contributed by atoms with Crippen molar-refractivity contribution in [1.29, 1.82) is 0 Å². The van der Waals surface area contributed by atoms with Crippen LogP contribution in [0.1, 0.15) is 26.7 Å². The fourth-order valence-electron chi connectivity index (χ4n) is 2.63. The first-order valence-electron chi connectivity index (χ1n) is 6.62. The number of H-pyrrole nitrogens is 1. The summed E-state index contributed by atoms with van der Waals surface area (Å²) in [4.78, 5) is 16.2. The van der Waals surface area contributed by atoms with Crippen LogP contribution in [0.4, 0.5) is 11.4 Å². The molecule has 0 amide bonds. The number of nitrogens with one attached hydrogen (secondary N) is 1. The summed E-state index contributed by atoms with van der Waals surface area (Å²) in [5.41, 5.74) is 9.35. The molecule has 102 valence electrons. The number of aromatic amines is 1. The van der Waals surface area contributed by atoms with Gasteiger partial charge in [0.05, 0.1) is 16.9 Å². The maximum absolute atomic E-state index is 11.2. The van der Waals surface area contributed by atoms with E-state index in [-0.39, 0.29) is 0 Å². The van der Waals surface area contributed by atoms with E-state index in [4.69, 9.17) is 10.2 Å². The van der Waals surface area contributed by atoms with E-state index in [1.807, 2.05) is 6.07 Å². The van der Waals surface area contributed by atoms with Crippen molar-refractivity contribution in [3.63, 3.8) is 0 Å². The van der Waals surface area contributed by atoms with E-state index >= 15 is 0 Å². The summed E-state index contributed by atoms with van der Waals surface area (Å²) in [6.07, 6.45) is 2.29. The van der Waals surface area contributed by atoms with Gasteiger partial charge in [0.2, 0.25) is 0 Å². The molecule has 1 aromatic carbocycles. The maximum atomic E-state index is 11.2. The Morgan fingerprint density at radius 1 is 1.32 bits per heavy atom. The number of fused-ring (bicyclic) bond motifs is 1. The molecule has 2 heterocycles. The van der Waals surface area contributed by atoms with Crippen LogP contribution in [0, 0.1) is 5.41 Å². The maximum Gasteiger partial charge on any atom is 0.417 e. The molecular formula is C14H19N3O2. The zero-order valence-corrected chi connectivity index (χ0v) is 11.3. The summed E-state index contributed by atoms with van der Waals surface area (Å²) in [6.45, 7) is 6.57. The van der Waals surface area contributed by atoms with E-state index in [9.17, 15) is 4.79 Å². The van der Waals surface area contributed by atoms with E-state index in [1.54, 1.807) is 6.07 Å². The lowest BCUT2D eigenvalue weighted by Crippen LogP contribution is -2.37. The monoisotopic (exact) mass is 261 g/mol. The van der Waals surface area contributed by atoms with Gasteiger partial charge in [-0.15, -0.1) is 0 Å². The summed E-state index contributed by atoms with van der Waals surface area (Å²) in [5.74, 6) is -0.439. The van der Waals surface area contributed by atoms with Crippen LogP contribution in [-0.2, 0) is 0 Å². The molecule has 0 aliphatic carbocycles. The van der Waals surface area contributed by atoms with Crippen LogP contribution in [0.25, 0.3) is 11.1 Å². The Morgan fingerprint density at radius 2 is 2.00 bits per heavy atom. The third-order valence-corrected chi connectivity index (χ3v) is 4.03. The average molecular weight is 261 g/mol. The van der Waals surface area contributed by atoms with Gasteiger partial charge in [-0.3, -0.25) is 4.98 Å². The molecule has 0 spiro atoms. The predicted molar refractivity (Wildman–Crippen MR) is 76.5 cm³/mol. The number of hydrogen-bond donors (Lipinski definition) is 2. The number of aromatic nitrogens is 1. The first-order chi connectivity index (χ1) is 8.94. The number of oxazole rings is 1. The van der Waals surface area contributed by atoms with Crippen molar-refractivity contribution in [2.75, 3.05) is 23.7 Å². The second-order valence-corrected chi connectivity index (χ2v) is 6.07. The number of rotatable bonds is 1. The molecule has 2 aromatic rings. The minimum atomic E-state index is -0.439. The van der Waals surface area contributed by atoms with Crippen molar-refractivity contribution in [2.45, 2.75) is 26.7 Å². The molecule has 0 radical (unpaired) electrons. The third kappa shape index (κ3) is 2.20. The Bertz CT molecular complexity index is 659. The highest BCUT2D eigenvalue weighted by molar-refractivity contribution is 5.85. The second kappa shape index (κ2) is 4.05. The van der Waals surface area contributed by atoms with Crippen LogP contribution < -0.4 is 16.4 Å². The number of nitrogens with two attached hydrogens (primary N) is 1. The highest BCUT2D eigenvalue weighted by atomic mass is 16.4. The topological polar surface area (TPSA) is 75.3 Å². The SMILES string of the molecule is CC1(C)CCN(c2cc3[nH]c(=O)oc3cc2N)CC1. The standard InChI is InChI=1S/C14H19N3O2/c1-14(2)3-5-17(6-4-14)11-8-10-12(7-9(11)15)19-13(18)16-10/h7-8H,3-6,15H2,1-2H3,(H,16,18). The largest absolute Gasteiger partial charge is 0.417 e. The summed E-state index contributed by atoms with van der Waals surface area (Å²) < 4.78 is 5.01. The minimum Gasteiger partial charge on any atom is -0.408 e. The van der Waals surface area contributed by atoms with Crippen molar-refractivity contribution < 1.29 is 4.42 Å². The zero-order valence-electron chi connectivity index (χ0n) is 11.3. The molecule has 3 rings (SSSR count). The molecule has 3 N–H and O–H groups in total. The minimum absolute atomic E-state index is 0.402. The summed E-state index contributed by atoms with van der Waals surface area (Å²) in [6, 6.07) is 3.64. The van der Waals surface area contributed by atoms with Gasteiger partial charge in [-0.05, 0) is 24.3 Å². The van der Waals surface area contributed by atoms with Gasteiger partial charge in [0.1, 0.15) is 0 Å². The van der Waals surface area contributed by atoms with E-state index in [2.05, 4.69) is 23.7 Å². The highest BCUT2D eigenvalue weighted by Crippen LogP contribution is 2.35. The highest BCUT2D eigenvalue weighted by Gasteiger charge is 2.26. The molecule has 5 heteroatoms. The molecular weight excluding hydrogens is 242 g/mol. The Kier molecular flexibility index (Phi) is 2.59. The van der Waals surface area contributed by atoms with E-state index in [0.717, 1.165) is 31.6 Å². The quantitative estimate of drug-likeness (QED) is 0.772. The summed E-state index contributed by atoms with van der Waals surface area (Å²) in [7, 11) is 0. The molecule has 1 fully saturated rings. The molecule has 0 saturated carbocycles. The zero-order chi connectivity index (χ0) is 13.6. The van der Waals surface area contributed by atoms with Crippen molar-refractivity contribution in [3.8, 4) is 0 Å². The molecule has 0 bridgehead atoms. The number of nitrogen functional groups attached to an aromatic ring is 1. The van der Waals surface area contributed by atoms with Crippen LogP contribution in [-0.4, -0.2) is 18.1 Å². The Balaban J connectivity index is 1.96. The normalized spacial score (nSPS) is 18.9. The van der Waals surface area contributed by atoms with Gasteiger partial charge in [-0.2, -0.15) is 0 Å². The molecule has 0 unspecified atom stereocenters. The van der Waals surface area contributed by atoms with Crippen LogP contribution in [0.15, 0.2) is 21.3 Å². The summed E-state index contributed by atoms with van der Waals surface area (Å²) >= 11 is 0. The lowest BCUT2D eigenvalue weighted by molar-refractivity contribution is 0.280. The van der Waals surface area contributed by atoms with E-state index in [0.29, 0.717) is 22.2 Å². The van der Waals surface area contributed by atoms with Crippen molar-refractivity contribution in [1.82, 2.24) is 4.98 Å². The van der Waals surface area contributed by atoms with Crippen LogP contribution >= 0.6 is 0 Å².